The molecule has 1 saturated heterocycles. The second-order valence-electron chi connectivity index (χ2n) is 9.71. The molecule has 2 aliphatic carbocycles. The summed E-state index contributed by atoms with van der Waals surface area (Å²) in [5.41, 5.74) is 3.92. The molecule has 1 saturated carbocycles. The predicted molar refractivity (Wildman–Crippen MR) is 128 cm³/mol. The van der Waals surface area contributed by atoms with Gasteiger partial charge in [-0.2, -0.15) is 0 Å². The van der Waals surface area contributed by atoms with Crippen LogP contribution in [0.15, 0.2) is 48.5 Å². The normalized spacial score (nSPS) is 22.3. The molecule has 2 fully saturated rings. The van der Waals surface area contributed by atoms with Gasteiger partial charge in [0, 0.05) is 18.9 Å². The molecule has 1 heterocycles. The number of alkyl carbamates (subject to hydrolysis) is 1. The number of carboxylic acid groups (broad SMARTS) is 1. The zero-order valence-corrected chi connectivity index (χ0v) is 19.5. The van der Waals surface area contributed by atoms with Crippen molar-refractivity contribution in [2.24, 2.45) is 0 Å². The summed E-state index contributed by atoms with van der Waals surface area (Å²) in [6.45, 7) is 0.507. The Morgan fingerprint density at radius 3 is 2.26 bits per heavy atom. The maximum absolute atomic E-state index is 12.9. The lowest BCUT2D eigenvalue weighted by atomic mass is 9.92. The molecule has 2 aromatic carbocycles. The van der Waals surface area contributed by atoms with Gasteiger partial charge in [-0.3, -0.25) is 4.79 Å². The van der Waals surface area contributed by atoms with Crippen molar-refractivity contribution < 1.29 is 29.0 Å². The van der Waals surface area contributed by atoms with Crippen LogP contribution in [0.3, 0.4) is 0 Å². The van der Waals surface area contributed by atoms with Crippen LogP contribution in [0.4, 0.5) is 4.79 Å². The van der Waals surface area contributed by atoms with Gasteiger partial charge >= 0.3 is 12.1 Å². The van der Waals surface area contributed by atoms with E-state index in [4.69, 9.17) is 9.47 Å². The summed E-state index contributed by atoms with van der Waals surface area (Å²) in [7, 11) is 0. The maximum atomic E-state index is 12.9. The van der Waals surface area contributed by atoms with Gasteiger partial charge in [-0.1, -0.05) is 61.4 Å². The van der Waals surface area contributed by atoms with Crippen LogP contribution in [0.5, 0.6) is 0 Å². The van der Waals surface area contributed by atoms with Crippen LogP contribution in [-0.2, 0) is 19.1 Å². The molecular weight excluding hydrogens is 448 g/mol. The number of nitrogens with one attached hydrogen (secondary N) is 2. The van der Waals surface area contributed by atoms with Crippen LogP contribution < -0.4 is 10.6 Å². The van der Waals surface area contributed by atoms with E-state index < -0.39 is 29.7 Å². The standard InChI is InChI=1S/C27H30N2O6/c30-23(28-22-11-14-34-24(22)25(31)32)15-27(12-5-6-13-27)29-26(33)35-16-21-19-9-3-1-7-17(19)18-8-2-4-10-20(18)21/h1-4,7-10,21-22,24H,5-6,11-16H2,(H,28,30)(H,29,33)(H,31,32)/t22-,24+/m0/s1. The van der Waals surface area contributed by atoms with Gasteiger partial charge in [-0.25, -0.2) is 9.59 Å². The minimum atomic E-state index is -1.08. The third-order valence-corrected chi connectivity index (χ3v) is 7.45. The summed E-state index contributed by atoms with van der Waals surface area (Å²) in [5, 5.41) is 15.1. The van der Waals surface area contributed by atoms with Crippen LogP contribution in [0.1, 0.15) is 55.6 Å². The maximum Gasteiger partial charge on any atom is 0.407 e. The van der Waals surface area contributed by atoms with Crippen LogP contribution in [0.25, 0.3) is 11.1 Å². The monoisotopic (exact) mass is 478 g/mol. The summed E-state index contributed by atoms with van der Waals surface area (Å²) >= 11 is 0. The third kappa shape index (κ3) is 4.75. The summed E-state index contributed by atoms with van der Waals surface area (Å²) in [4.78, 5) is 37.0. The number of carbonyl (C=O) groups excluding carboxylic acids is 2. The fourth-order valence-corrected chi connectivity index (χ4v) is 5.79. The van der Waals surface area contributed by atoms with E-state index in [1.807, 2.05) is 24.3 Å². The lowest BCUT2D eigenvalue weighted by Gasteiger charge is -2.30. The highest BCUT2D eigenvalue weighted by atomic mass is 16.5. The van der Waals surface area contributed by atoms with Crippen LogP contribution in [0.2, 0.25) is 0 Å². The average Bonchev–Trinajstić information content (AvgIpc) is 3.56. The van der Waals surface area contributed by atoms with Crippen LogP contribution in [-0.4, -0.2) is 54.0 Å². The number of aliphatic carboxylic acids is 1. The van der Waals surface area contributed by atoms with Crippen LogP contribution >= 0.6 is 0 Å². The predicted octanol–water partition coefficient (Wildman–Crippen LogP) is 3.59. The zero-order valence-electron chi connectivity index (χ0n) is 19.5. The summed E-state index contributed by atoms with van der Waals surface area (Å²) < 4.78 is 10.9. The fourth-order valence-electron chi connectivity index (χ4n) is 5.79. The Kier molecular flexibility index (Phi) is 6.47. The number of benzene rings is 2. The van der Waals surface area contributed by atoms with Crippen molar-refractivity contribution in [3.63, 3.8) is 0 Å². The first-order valence-corrected chi connectivity index (χ1v) is 12.2. The van der Waals surface area contributed by atoms with Crippen molar-refractivity contribution >= 4 is 18.0 Å². The minimum absolute atomic E-state index is 0.0358. The number of rotatable bonds is 7. The lowest BCUT2D eigenvalue weighted by molar-refractivity contribution is -0.148. The molecular formula is C27H30N2O6. The molecule has 8 nitrogen and oxygen atoms in total. The molecule has 2 amide bonds. The largest absolute Gasteiger partial charge is 0.479 e. The van der Waals surface area contributed by atoms with Crippen molar-refractivity contribution in [1.29, 1.82) is 0 Å². The van der Waals surface area contributed by atoms with E-state index >= 15 is 0 Å². The molecule has 1 aliphatic heterocycles. The van der Waals surface area contributed by atoms with Crippen molar-refractivity contribution in [3.05, 3.63) is 59.7 Å². The Balaban J connectivity index is 1.21. The van der Waals surface area contributed by atoms with E-state index in [2.05, 4.69) is 34.9 Å². The molecule has 3 N–H and O–H groups in total. The molecule has 2 aromatic rings. The molecule has 2 atom stereocenters. The smallest absolute Gasteiger partial charge is 0.407 e. The fraction of sp³-hybridized carbons (Fsp3) is 0.444. The Labute approximate surface area is 204 Å². The van der Waals surface area contributed by atoms with Gasteiger partial charge in [-0.05, 0) is 41.5 Å². The second kappa shape index (κ2) is 9.70. The number of hydrogen-bond acceptors (Lipinski definition) is 5. The number of carbonyl (C=O) groups is 3. The number of hydrogen-bond donors (Lipinski definition) is 3. The SMILES string of the molecule is O=C(CC1(NC(=O)OCC2c3ccccc3-c3ccccc32)CCCC1)N[C@H]1CCO[C@H]1C(=O)O. The Morgan fingerprint density at radius 2 is 1.63 bits per heavy atom. The average molecular weight is 479 g/mol. The summed E-state index contributed by atoms with van der Waals surface area (Å²) in [5.74, 6) is -1.40. The summed E-state index contributed by atoms with van der Waals surface area (Å²) in [6.07, 6.45) is 2.13. The van der Waals surface area contributed by atoms with Crippen molar-refractivity contribution in [1.82, 2.24) is 10.6 Å². The Hall–Kier alpha value is -3.39. The van der Waals surface area contributed by atoms with Crippen LogP contribution in [0, 0.1) is 0 Å². The second-order valence-corrected chi connectivity index (χ2v) is 9.71. The highest BCUT2D eigenvalue weighted by Gasteiger charge is 2.41. The van der Waals surface area contributed by atoms with E-state index in [1.165, 1.54) is 0 Å². The molecule has 0 unspecified atom stereocenters. The quantitative estimate of drug-likeness (QED) is 0.561. The van der Waals surface area contributed by atoms with Crippen molar-refractivity contribution in [2.75, 3.05) is 13.2 Å². The van der Waals surface area contributed by atoms with E-state index in [0.29, 0.717) is 25.9 Å². The van der Waals surface area contributed by atoms with Gasteiger partial charge < -0.3 is 25.2 Å². The Bertz CT molecular complexity index is 1080. The Morgan fingerprint density at radius 1 is 1.00 bits per heavy atom. The topological polar surface area (TPSA) is 114 Å². The minimum Gasteiger partial charge on any atom is -0.479 e. The highest BCUT2D eigenvalue weighted by Crippen LogP contribution is 2.44. The van der Waals surface area contributed by atoms with Crippen molar-refractivity contribution in [2.45, 2.75) is 62.1 Å². The van der Waals surface area contributed by atoms with E-state index in [9.17, 15) is 19.5 Å². The van der Waals surface area contributed by atoms with Gasteiger partial charge in [0.15, 0.2) is 6.10 Å². The molecule has 3 aliphatic rings. The first kappa shape index (κ1) is 23.4. The highest BCUT2D eigenvalue weighted by molar-refractivity contribution is 5.81. The van der Waals surface area contributed by atoms with E-state index in [0.717, 1.165) is 35.1 Å². The zero-order chi connectivity index (χ0) is 24.4. The molecule has 0 radical (unpaired) electrons. The molecule has 0 spiro atoms. The molecule has 5 rings (SSSR count). The molecule has 0 aromatic heterocycles. The first-order chi connectivity index (χ1) is 17.0. The summed E-state index contributed by atoms with van der Waals surface area (Å²) in [6, 6.07) is 15.8. The number of ether oxygens (including phenoxy) is 2. The molecule has 0 bridgehead atoms. The van der Waals surface area contributed by atoms with E-state index in [1.54, 1.807) is 0 Å². The van der Waals surface area contributed by atoms with Gasteiger partial charge in [-0.15, -0.1) is 0 Å². The van der Waals surface area contributed by atoms with Gasteiger partial charge in [0.1, 0.15) is 6.61 Å². The van der Waals surface area contributed by atoms with Gasteiger partial charge in [0.05, 0.1) is 11.6 Å². The number of carboxylic acids is 1. The van der Waals surface area contributed by atoms with Gasteiger partial charge in [0.2, 0.25) is 5.91 Å². The number of amides is 2. The van der Waals surface area contributed by atoms with Gasteiger partial charge in [0.25, 0.3) is 0 Å². The number of fused-ring (bicyclic) bond motifs is 3. The van der Waals surface area contributed by atoms with Crippen molar-refractivity contribution in [3.8, 4) is 11.1 Å². The van der Waals surface area contributed by atoms with E-state index in [-0.39, 0.29) is 24.9 Å². The molecule has 184 valence electrons. The molecule has 8 heteroatoms. The lowest BCUT2D eigenvalue weighted by Crippen LogP contribution is -2.52. The third-order valence-electron chi connectivity index (χ3n) is 7.45. The first-order valence-electron chi connectivity index (χ1n) is 12.2. The molecule has 35 heavy (non-hydrogen) atoms.